The van der Waals surface area contributed by atoms with E-state index in [2.05, 4.69) is 15.3 Å². The van der Waals surface area contributed by atoms with Crippen LogP contribution >= 0.6 is 0 Å². The van der Waals surface area contributed by atoms with Crippen molar-refractivity contribution in [3.8, 4) is 5.69 Å². The SMILES string of the molecule is COCCN1CCC(c2ccc(F)c(F)c2)C1.COCc1nn(-c2ccccc2)c(NC(N)=O)c1C. The van der Waals surface area contributed by atoms with Crippen LogP contribution < -0.4 is 11.1 Å². The lowest BCUT2D eigenvalue weighted by atomic mass is 9.98. The number of likely N-dealkylation sites (tertiary alicyclic amines) is 1. The first-order chi connectivity index (χ1) is 17.3. The van der Waals surface area contributed by atoms with Gasteiger partial charge in [0.15, 0.2) is 11.6 Å². The fourth-order valence-corrected chi connectivity index (χ4v) is 4.13. The molecular weight excluding hydrogens is 468 g/mol. The number of halogens is 2. The van der Waals surface area contributed by atoms with E-state index in [9.17, 15) is 13.6 Å². The van der Waals surface area contributed by atoms with Crippen LogP contribution in [-0.4, -0.2) is 61.2 Å². The molecule has 0 spiro atoms. The van der Waals surface area contributed by atoms with Crippen LogP contribution in [0.25, 0.3) is 5.69 Å². The van der Waals surface area contributed by atoms with Crippen LogP contribution in [0.15, 0.2) is 48.5 Å². The number of carbonyl (C=O) groups is 1. The molecular formula is C26H33F2N5O3. The number of primary amides is 1. The number of nitrogens with one attached hydrogen (secondary N) is 1. The quantitative estimate of drug-likeness (QED) is 0.482. The van der Waals surface area contributed by atoms with Gasteiger partial charge in [-0.2, -0.15) is 5.10 Å². The number of carbonyl (C=O) groups excluding carboxylic acids is 1. The predicted molar refractivity (Wildman–Crippen MR) is 134 cm³/mol. The van der Waals surface area contributed by atoms with Crippen LogP contribution in [-0.2, 0) is 16.1 Å². The molecule has 194 valence electrons. The number of nitrogens with two attached hydrogens (primary N) is 1. The second-order valence-electron chi connectivity index (χ2n) is 8.54. The summed E-state index contributed by atoms with van der Waals surface area (Å²) in [7, 11) is 3.28. The standard InChI is InChI=1S/C13H17F2NO.C13H16N4O2/c1-17-7-6-16-5-4-11(9-16)10-2-3-12(14)13(15)8-10;1-9-11(8-19-2)16-17(12(9)15-13(14)18)10-6-4-3-5-7-10/h2-3,8,11H,4-7,9H2,1H3;3-7H,8H2,1-2H3,(H3,14,15,18). The maximum Gasteiger partial charge on any atom is 0.317 e. The number of anilines is 1. The number of rotatable bonds is 8. The van der Waals surface area contributed by atoms with Crippen molar-refractivity contribution in [1.29, 1.82) is 0 Å². The molecule has 1 aliphatic rings. The molecule has 36 heavy (non-hydrogen) atoms. The van der Waals surface area contributed by atoms with Gasteiger partial charge < -0.3 is 20.1 Å². The number of hydrogen-bond acceptors (Lipinski definition) is 5. The second-order valence-corrected chi connectivity index (χ2v) is 8.54. The normalized spacial score (nSPS) is 15.4. The average molecular weight is 502 g/mol. The fraction of sp³-hybridized carbons (Fsp3) is 0.385. The van der Waals surface area contributed by atoms with Gasteiger partial charge in [-0.1, -0.05) is 24.3 Å². The van der Waals surface area contributed by atoms with Crippen molar-refractivity contribution in [2.24, 2.45) is 5.73 Å². The van der Waals surface area contributed by atoms with E-state index in [1.165, 1.54) is 12.1 Å². The monoisotopic (exact) mass is 501 g/mol. The zero-order chi connectivity index (χ0) is 26.1. The minimum atomic E-state index is -0.775. The molecule has 1 atom stereocenters. The van der Waals surface area contributed by atoms with E-state index < -0.39 is 17.7 Å². The molecule has 1 saturated heterocycles. The van der Waals surface area contributed by atoms with Crippen molar-refractivity contribution < 1.29 is 23.0 Å². The van der Waals surface area contributed by atoms with E-state index in [1.807, 2.05) is 37.3 Å². The van der Waals surface area contributed by atoms with Gasteiger partial charge in [0.25, 0.3) is 0 Å². The molecule has 10 heteroatoms. The Kier molecular flexibility index (Phi) is 9.92. The molecule has 1 aromatic heterocycles. The number of hydrogen-bond donors (Lipinski definition) is 2. The highest BCUT2D eigenvalue weighted by Gasteiger charge is 2.24. The molecule has 0 bridgehead atoms. The number of amides is 2. The summed E-state index contributed by atoms with van der Waals surface area (Å²) in [5, 5.41) is 7.05. The third kappa shape index (κ3) is 7.09. The Morgan fingerprint density at radius 3 is 2.53 bits per heavy atom. The number of aromatic nitrogens is 2. The van der Waals surface area contributed by atoms with Gasteiger partial charge in [-0.3, -0.25) is 5.32 Å². The number of benzene rings is 2. The molecule has 1 fully saturated rings. The van der Waals surface area contributed by atoms with Crippen LogP contribution in [0.5, 0.6) is 0 Å². The molecule has 0 aliphatic carbocycles. The Morgan fingerprint density at radius 2 is 1.89 bits per heavy atom. The van der Waals surface area contributed by atoms with E-state index in [-0.39, 0.29) is 0 Å². The van der Waals surface area contributed by atoms with Gasteiger partial charge in [-0.25, -0.2) is 18.3 Å². The number of para-hydroxylation sites is 1. The Hall–Kier alpha value is -3.34. The fourth-order valence-electron chi connectivity index (χ4n) is 4.13. The first-order valence-electron chi connectivity index (χ1n) is 11.7. The summed E-state index contributed by atoms with van der Waals surface area (Å²) in [6.45, 7) is 5.74. The van der Waals surface area contributed by atoms with Gasteiger partial charge in [0, 0.05) is 32.9 Å². The van der Waals surface area contributed by atoms with Crippen molar-refractivity contribution in [1.82, 2.24) is 14.7 Å². The average Bonchev–Trinajstić information content (AvgIpc) is 3.46. The van der Waals surface area contributed by atoms with Crippen LogP contribution in [0, 0.1) is 18.6 Å². The van der Waals surface area contributed by atoms with Crippen molar-refractivity contribution in [2.45, 2.75) is 25.9 Å². The highest BCUT2D eigenvalue weighted by molar-refractivity contribution is 5.88. The van der Waals surface area contributed by atoms with Crippen molar-refractivity contribution in [2.75, 3.05) is 45.8 Å². The molecule has 2 heterocycles. The Bertz CT molecular complexity index is 1140. The van der Waals surface area contributed by atoms with E-state index in [0.717, 1.165) is 48.6 Å². The van der Waals surface area contributed by atoms with Crippen LogP contribution in [0.1, 0.15) is 29.2 Å². The first kappa shape index (κ1) is 27.3. The molecule has 2 aromatic carbocycles. The number of ether oxygens (including phenoxy) is 2. The molecule has 0 saturated carbocycles. The largest absolute Gasteiger partial charge is 0.383 e. The Morgan fingerprint density at radius 1 is 1.14 bits per heavy atom. The Labute approximate surface area is 210 Å². The van der Waals surface area contributed by atoms with Gasteiger partial charge in [0.1, 0.15) is 5.82 Å². The highest BCUT2D eigenvalue weighted by atomic mass is 19.2. The number of urea groups is 1. The minimum Gasteiger partial charge on any atom is -0.383 e. The van der Waals surface area contributed by atoms with E-state index >= 15 is 0 Å². The van der Waals surface area contributed by atoms with Crippen LogP contribution in [0.4, 0.5) is 19.4 Å². The van der Waals surface area contributed by atoms with Crippen LogP contribution in [0.2, 0.25) is 0 Å². The van der Waals surface area contributed by atoms with Crippen molar-refractivity contribution in [3.05, 3.63) is 77.0 Å². The summed E-state index contributed by atoms with van der Waals surface area (Å²) in [6.07, 6.45) is 0.995. The maximum atomic E-state index is 13.1. The summed E-state index contributed by atoms with van der Waals surface area (Å²) in [4.78, 5) is 13.4. The van der Waals surface area contributed by atoms with Gasteiger partial charge in [0.2, 0.25) is 0 Å². The summed E-state index contributed by atoms with van der Waals surface area (Å²) in [5.74, 6) is -0.659. The van der Waals surface area contributed by atoms with Crippen molar-refractivity contribution in [3.63, 3.8) is 0 Å². The lowest BCUT2D eigenvalue weighted by Crippen LogP contribution is -2.24. The number of nitrogens with zero attached hydrogens (tertiary/aromatic N) is 3. The van der Waals surface area contributed by atoms with E-state index in [1.54, 1.807) is 25.0 Å². The molecule has 3 aromatic rings. The molecule has 2 amide bonds. The summed E-state index contributed by atoms with van der Waals surface area (Å²) < 4.78 is 37.7. The van der Waals surface area contributed by atoms with Gasteiger partial charge >= 0.3 is 6.03 Å². The summed E-state index contributed by atoms with van der Waals surface area (Å²) in [6, 6.07) is 13.1. The number of methoxy groups -OCH3 is 2. The van der Waals surface area contributed by atoms with Gasteiger partial charge in [-0.15, -0.1) is 0 Å². The van der Waals surface area contributed by atoms with E-state index in [0.29, 0.717) is 24.9 Å². The lowest BCUT2D eigenvalue weighted by molar-refractivity contribution is 0.160. The molecule has 1 aliphatic heterocycles. The minimum absolute atomic E-state index is 0.307. The predicted octanol–water partition coefficient (Wildman–Crippen LogP) is 4.22. The lowest BCUT2D eigenvalue weighted by Gasteiger charge is -2.15. The van der Waals surface area contributed by atoms with Crippen LogP contribution in [0.3, 0.4) is 0 Å². The first-order valence-corrected chi connectivity index (χ1v) is 11.7. The van der Waals surface area contributed by atoms with Gasteiger partial charge in [0.05, 0.1) is 24.6 Å². The summed E-state index contributed by atoms with van der Waals surface area (Å²) in [5.41, 5.74) is 8.53. The molecule has 0 radical (unpaired) electrons. The topological polar surface area (TPSA) is 94.6 Å². The molecule has 4 rings (SSSR count). The second kappa shape index (κ2) is 13.1. The third-order valence-electron chi connectivity index (χ3n) is 6.04. The van der Waals surface area contributed by atoms with E-state index in [4.69, 9.17) is 15.2 Å². The summed E-state index contributed by atoms with van der Waals surface area (Å²) >= 11 is 0. The Balaban J connectivity index is 0.000000202. The molecule has 1 unspecified atom stereocenters. The van der Waals surface area contributed by atoms with Gasteiger partial charge in [-0.05, 0) is 55.6 Å². The molecule has 8 nitrogen and oxygen atoms in total. The zero-order valence-electron chi connectivity index (χ0n) is 20.8. The smallest absolute Gasteiger partial charge is 0.317 e. The van der Waals surface area contributed by atoms with Crippen molar-refractivity contribution >= 4 is 11.8 Å². The zero-order valence-corrected chi connectivity index (χ0v) is 20.8. The third-order valence-corrected chi connectivity index (χ3v) is 6.04. The highest BCUT2D eigenvalue weighted by Crippen LogP contribution is 2.28. The molecule has 3 N–H and O–H groups in total. The maximum absolute atomic E-state index is 13.1.